The van der Waals surface area contributed by atoms with Crippen LogP contribution in [0.1, 0.15) is 12.5 Å². The van der Waals surface area contributed by atoms with Crippen molar-refractivity contribution in [2.24, 2.45) is 10.8 Å². The average Bonchev–Trinajstić information content (AvgIpc) is 2.38. The van der Waals surface area contributed by atoms with Crippen molar-refractivity contribution in [1.29, 1.82) is 0 Å². The lowest BCUT2D eigenvalue weighted by Gasteiger charge is -2.10. The third-order valence-corrected chi connectivity index (χ3v) is 2.30. The Bertz CT molecular complexity index is 365. The fourth-order valence-electron chi connectivity index (χ4n) is 1.38. The van der Waals surface area contributed by atoms with Gasteiger partial charge in [0.2, 0.25) is 5.96 Å². The van der Waals surface area contributed by atoms with Gasteiger partial charge in [0.15, 0.2) is 0 Å². The average molecular weight is 236 g/mol. The first-order valence-electron chi connectivity index (χ1n) is 5.66. The van der Waals surface area contributed by atoms with Crippen LogP contribution in [0, 0.1) is 0 Å². The van der Waals surface area contributed by atoms with Gasteiger partial charge < -0.3 is 10.1 Å². The smallest absolute Gasteiger partial charge is 0.210 e. The molecule has 5 heteroatoms. The number of nitrogens with one attached hydrogen (secondary N) is 2. The van der Waals surface area contributed by atoms with Crippen LogP contribution in [-0.4, -0.2) is 26.2 Å². The van der Waals surface area contributed by atoms with E-state index in [0.717, 1.165) is 12.1 Å². The van der Waals surface area contributed by atoms with Crippen LogP contribution in [0.2, 0.25) is 0 Å². The van der Waals surface area contributed by atoms with E-state index in [1.807, 2.05) is 12.1 Å². The van der Waals surface area contributed by atoms with Crippen LogP contribution < -0.4 is 16.6 Å². The summed E-state index contributed by atoms with van der Waals surface area (Å²) in [4.78, 5) is 4.23. The van der Waals surface area contributed by atoms with Crippen molar-refractivity contribution in [3.05, 3.63) is 29.8 Å². The second kappa shape index (κ2) is 7.65. The molecule has 0 aliphatic rings. The molecule has 0 radical (unpaired) electrons. The van der Waals surface area contributed by atoms with Crippen molar-refractivity contribution in [2.45, 2.75) is 13.3 Å². The number of guanidine groups is 1. The number of hydrogen-bond donors (Lipinski definition) is 3. The van der Waals surface area contributed by atoms with Gasteiger partial charge in [0.25, 0.3) is 0 Å². The van der Waals surface area contributed by atoms with E-state index in [1.54, 1.807) is 7.11 Å². The van der Waals surface area contributed by atoms with E-state index in [9.17, 15) is 0 Å². The zero-order valence-electron chi connectivity index (χ0n) is 10.4. The van der Waals surface area contributed by atoms with Gasteiger partial charge in [-0.1, -0.05) is 19.1 Å². The number of benzene rings is 1. The highest BCUT2D eigenvalue weighted by Gasteiger charge is 1.98. The highest BCUT2D eigenvalue weighted by molar-refractivity contribution is 5.93. The molecule has 0 unspecified atom stereocenters. The molecule has 0 aliphatic carbocycles. The molecule has 4 N–H and O–H groups in total. The summed E-state index contributed by atoms with van der Waals surface area (Å²) in [6.07, 6.45) is 1.00. The summed E-state index contributed by atoms with van der Waals surface area (Å²) in [5.41, 5.74) is 4.77. The van der Waals surface area contributed by atoms with Gasteiger partial charge >= 0.3 is 0 Å². The van der Waals surface area contributed by atoms with Crippen LogP contribution in [0.5, 0.6) is 0 Å². The molecule has 0 amide bonds. The Morgan fingerprint density at radius 2 is 2.29 bits per heavy atom. The zero-order valence-corrected chi connectivity index (χ0v) is 10.4. The highest BCUT2D eigenvalue weighted by Crippen LogP contribution is 2.10. The minimum Gasteiger partial charge on any atom is -0.383 e. The molecule has 0 aliphatic heterocycles. The van der Waals surface area contributed by atoms with Gasteiger partial charge in [0.1, 0.15) is 0 Å². The molecular formula is C12H20N4O. The third kappa shape index (κ3) is 4.84. The van der Waals surface area contributed by atoms with Gasteiger partial charge in [-0.15, -0.1) is 0 Å². The van der Waals surface area contributed by atoms with Crippen LogP contribution in [0.3, 0.4) is 0 Å². The van der Waals surface area contributed by atoms with Crippen LogP contribution in [0.4, 0.5) is 5.69 Å². The van der Waals surface area contributed by atoms with Crippen LogP contribution in [0.15, 0.2) is 29.3 Å². The summed E-state index contributed by atoms with van der Waals surface area (Å²) < 4.78 is 4.92. The number of nitrogens with two attached hydrogens (primary N) is 1. The van der Waals surface area contributed by atoms with Crippen molar-refractivity contribution < 1.29 is 4.74 Å². The standard InChI is InChI=1S/C12H20N4O/c1-3-10-5-4-6-11(9-10)15-12(16-13)14-7-8-17-2/h4-6,9H,3,7-8,13H2,1-2H3,(H2,14,15,16). The molecular weight excluding hydrogens is 216 g/mol. The number of aliphatic imine (C=N–C) groups is 1. The molecule has 0 bridgehead atoms. The second-order valence-electron chi connectivity index (χ2n) is 3.55. The molecule has 0 heterocycles. The fourth-order valence-corrected chi connectivity index (χ4v) is 1.38. The van der Waals surface area contributed by atoms with E-state index in [1.165, 1.54) is 5.56 Å². The van der Waals surface area contributed by atoms with E-state index >= 15 is 0 Å². The number of nitrogens with zero attached hydrogens (tertiary/aromatic N) is 1. The summed E-state index contributed by atoms with van der Waals surface area (Å²) in [6, 6.07) is 8.14. The Kier molecular flexibility index (Phi) is 6.06. The minimum absolute atomic E-state index is 0.537. The minimum atomic E-state index is 0.537. The highest BCUT2D eigenvalue weighted by atomic mass is 16.5. The molecule has 1 aromatic carbocycles. The molecule has 17 heavy (non-hydrogen) atoms. The molecule has 1 aromatic rings. The molecule has 94 valence electrons. The maximum Gasteiger partial charge on any atom is 0.210 e. The molecule has 1 rings (SSSR count). The van der Waals surface area contributed by atoms with Crippen molar-refractivity contribution in [3.8, 4) is 0 Å². The Morgan fingerprint density at radius 1 is 1.47 bits per heavy atom. The van der Waals surface area contributed by atoms with Crippen LogP contribution in [0.25, 0.3) is 0 Å². The zero-order chi connectivity index (χ0) is 12.5. The monoisotopic (exact) mass is 236 g/mol. The summed E-state index contributed by atoms with van der Waals surface area (Å²) >= 11 is 0. The topological polar surface area (TPSA) is 71.7 Å². The van der Waals surface area contributed by atoms with E-state index in [2.05, 4.69) is 34.8 Å². The molecule has 5 nitrogen and oxygen atoms in total. The molecule has 0 spiro atoms. The maximum atomic E-state index is 5.39. The molecule has 0 saturated heterocycles. The lowest BCUT2D eigenvalue weighted by Crippen LogP contribution is -2.36. The van der Waals surface area contributed by atoms with Crippen LogP contribution >= 0.6 is 0 Å². The second-order valence-corrected chi connectivity index (χ2v) is 3.55. The summed E-state index contributed by atoms with van der Waals surface area (Å²) in [7, 11) is 1.64. The number of anilines is 1. The summed E-state index contributed by atoms with van der Waals surface area (Å²) in [6.45, 7) is 3.26. The van der Waals surface area contributed by atoms with E-state index in [-0.39, 0.29) is 0 Å². The van der Waals surface area contributed by atoms with Crippen molar-refractivity contribution >= 4 is 11.6 Å². The van der Waals surface area contributed by atoms with E-state index < -0.39 is 0 Å². The van der Waals surface area contributed by atoms with E-state index in [4.69, 9.17) is 10.6 Å². The SMILES string of the molecule is CCc1cccc(NC(=NCCOC)NN)c1. The number of rotatable bonds is 5. The predicted octanol–water partition coefficient (Wildman–Crippen LogP) is 1.13. The normalized spacial score (nSPS) is 11.4. The van der Waals surface area contributed by atoms with Crippen molar-refractivity contribution in [1.82, 2.24) is 5.43 Å². The molecule has 0 atom stereocenters. The molecule has 0 fully saturated rings. The third-order valence-electron chi connectivity index (χ3n) is 2.30. The van der Waals surface area contributed by atoms with Gasteiger partial charge in [0.05, 0.1) is 13.2 Å². The quantitative estimate of drug-likeness (QED) is 0.235. The first-order chi connectivity index (χ1) is 8.30. The molecule has 0 aromatic heterocycles. The number of methoxy groups -OCH3 is 1. The Labute approximate surface area is 102 Å². The lowest BCUT2D eigenvalue weighted by atomic mass is 10.1. The summed E-state index contributed by atoms with van der Waals surface area (Å²) in [5.74, 6) is 5.93. The van der Waals surface area contributed by atoms with Gasteiger partial charge in [-0.3, -0.25) is 5.43 Å². The van der Waals surface area contributed by atoms with Crippen molar-refractivity contribution in [2.75, 3.05) is 25.6 Å². The van der Waals surface area contributed by atoms with Crippen molar-refractivity contribution in [3.63, 3.8) is 0 Å². The summed E-state index contributed by atoms with van der Waals surface area (Å²) in [5, 5.41) is 3.12. The Morgan fingerprint density at radius 3 is 2.94 bits per heavy atom. The number of aryl methyl sites for hydroxylation is 1. The number of hydrazine groups is 1. The lowest BCUT2D eigenvalue weighted by molar-refractivity contribution is 0.208. The van der Waals surface area contributed by atoms with Crippen LogP contribution in [-0.2, 0) is 11.2 Å². The first kappa shape index (κ1) is 13.5. The van der Waals surface area contributed by atoms with Gasteiger partial charge in [-0.25, -0.2) is 10.8 Å². The van der Waals surface area contributed by atoms with Gasteiger partial charge in [-0.05, 0) is 24.1 Å². The maximum absolute atomic E-state index is 5.39. The predicted molar refractivity (Wildman–Crippen MR) is 70.9 cm³/mol. The van der Waals surface area contributed by atoms with Gasteiger partial charge in [0, 0.05) is 12.8 Å². The van der Waals surface area contributed by atoms with Gasteiger partial charge in [-0.2, -0.15) is 0 Å². The van der Waals surface area contributed by atoms with E-state index in [0.29, 0.717) is 19.1 Å². The Hall–Kier alpha value is -1.59. The fraction of sp³-hybridized carbons (Fsp3) is 0.417. The first-order valence-corrected chi connectivity index (χ1v) is 5.66. The number of hydrogen-bond acceptors (Lipinski definition) is 3. The number of ether oxygens (including phenoxy) is 1. The Balaban J connectivity index is 2.63. The largest absolute Gasteiger partial charge is 0.383 e. The molecule has 0 saturated carbocycles.